The summed E-state index contributed by atoms with van der Waals surface area (Å²) in [7, 11) is -3.86. The van der Waals surface area contributed by atoms with E-state index in [4.69, 9.17) is 11.6 Å². The predicted molar refractivity (Wildman–Crippen MR) is 119 cm³/mol. The first-order valence-corrected chi connectivity index (χ1v) is 12.1. The summed E-state index contributed by atoms with van der Waals surface area (Å²) in [6.45, 7) is 3.22. The van der Waals surface area contributed by atoms with Crippen molar-refractivity contribution in [3.8, 4) is 0 Å². The minimum absolute atomic E-state index is 0.0333. The van der Waals surface area contributed by atoms with Crippen LogP contribution in [0.2, 0.25) is 5.02 Å². The van der Waals surface area contributed by atoms with Gasteiger partial charge in [-0.3, -0.25) is 18.9 Å². The number of carbonyl (C=O) groups excluding carboxylic acids is 1. The fourth-order valence-corrected chi connectivity index (χ4v) is 5.70. The molecule has 2 heterocycles. The van der Waals surface area contributed by atoms with Crippen LogP contribution in [0.4, 0.5) is 5.69 Å². The van der Waals surface area contributed by atoms with Gasteiger partial charge in [-0.1, -0.05) is 29.0 Å². The zero-order valence-electron chi connectivity index (χ0n) is 16.2. The lowest BCUT2D eigenvalue weighted by Gasteiger charge is -2.15. The number of sulfonamides is 1. The van der Waals surface area contributed by atoms with E-state index >= 15 is 0 Å². The predicted octanol–water partition coefficient (Wildman–Crippen LogP) is 3.45. The van der Waals surface area contributed by atoms with Crippen LogP contribution in [0.5, 0.6) is 0 Å². The number of benzene rings is 2. The van der Waals surface area contributed by atoms with Crippen LogP contribution in [0.15, 0.2) is 46.1 Å². The molecule has 2 aromatic carbocycles. The van der Waals surface area contributed by atoms with E-state index in [2.05, 4.69) is 4.72 Å². The van der Waals surface area contributed by atoms with Crippen LogP contribution in [0.3, 0.4) is 0 Å². The largest absolute Gasteiger partial charge is 0.341 e. The number of rotatable bonds is 5. The number of halogens is 1. The standard InChI is InChI=1S/C20H20ClN3O4S2/c1-13-4-5-14(10-16(13)21)22-30(27,28)15-6-7-17-18(11-15)29-20(26)24(17)12-19(25)23-8-2-3-9-23/h4-7,10-11,22H,2-3,8-9,12H2,1H3. The van der Waals surface area contributed by atoms with E-state index in [1.54, 1.807) is 29.2 Å². The van der Waals surface area contributed by atoms with Crippen molar-refractivity contribution in [1.29, 1.82) is 0 Å². The molecule has 1 aliphatic rings. The van der Waals surface area contributed by atoms with Crippen molar-refractivity contribution in [2.24, 2.45) is 0 Å². The third-order valence-corrected chi connectivity index (χ3v) is 7.85. The van der Waals surface area contributed by atoms with E-state index in [0.29, 0.717) is 34.0 Å². The van der Waals surface area contributed by atoms with E-state index in [-0.39, 0.29) is 22.2 Å². The van der Waals surface area contributed by atoms with Crippen molar-refractivity contribution >= 4 is 54.8 Å². The molecule has 1 fully saturated rings. The molecule has 0 saturated carbocycles. The molecule has 1 saturated heterocycles. The van der Waals surface area contributed by atoms with Crippen molar-refractivity contribution in [1.82, 2.24) is 9.47 Å². The molecule has 1 aromatic heterocycles. The molecule has 0 spiro atoms. The molecular weight excluding hydrogens is 446 g/mol. The van der Waals surface area contributed by atoms with Crippen molar-refractivity contribution < 1.29 is 13.2 Å². The Bertz CT molecular complexity index is 1290. The number of hydrogen-bond acceptors (Lipinski definition) is 5. The number of nitrogens with one attached hydrogen (secondary N) is 1. The molecule has 158 valence electrons. The van der Waals surface area contributed by atoms with Gasteiger partial charge in [0.1, 0.15) is 6.54 Å². The average molecular weight is 466 g/mol. The van der Waals surface area contributed by atoms with Gasteiger partial charge in [0.05, 0.1) is 20.8 Å². The molecule has 4 rings (SSSR count). The zero-order valence-corrected chi connectivity index (χ0v) is 18.6. The van der Waals surface area contributed by atoms with Crippen molar-refractivity contribution in [3.63, 3.8) is 0 Å². The third kappa shape index (κ3) is 4.10. The SMILES string of the molecule is Cc1ccc(NS(=O)(=O)c2ccc3c(c2)sc(=O)n3CC(=O)N2CCCC2)cc1Cl. The summed E-state index contributed by atoms with van der Waals surface area (Å²) >= 11 is 7.00. The van der Waals surface area contributed by atoms with Crippen molar-refractivity contribution in [3.05, 3.63) is 56.7 Å². The maximum absolute atomic E-state index is 12.8. The number of aromatic nitrogens is 1. The molecule has 1 amide bonds. The zero-order chi connectivity index (χ0) is 21.5. The number of fused-ring (bicyclic) bond motifs is 1. The lowest BCUT2D eigenvalue weighted by Crippen LogP contribution is -2.33. The first-order chi connectivity index (χ1) is 14.2. The number of likely N-dealkylation sites (tertiary alicyclic amines) is 1. The molecule has 0 atom stereocenters. The normalized spacial score (nSPS) is 14.4. The van der Waals surface area contributed by atoms with Crippen LogP contribution in [0.25, 0.3) is 10.2 Å². The van der Waals surface area contributed by atoms with Gasteiger partial charge in [0.2, 0.25) is 5.91 Å². The Labute approximate surface area is 182 Å². The molecule has 0 radical (unpaired) electrons. The van der Waals surface area contributed by atoms with Gasteiger partial charge in [0.25, 0.3) is 10.0 Å². The van der Waals surface area contributed by atoms with Crippen LogP contribution in [0.1, 0.15) is 18.4 Å². The maximum atomic E-state index is 12.8. The van der Waals surface area contributed by atoms with Gasteiger partial charge in [-0.2, -0.15) is 0 Å². The molecule has 0 aliphatic carbocycles. The lowest BCUT2D eigenvalue weighted by atomic mass is 10.2. The summed E-state index contributed by atoms with van der Waals surface area (Å²) in [6, 6.07) is 9.37. The molecule has 1 aliphatic heterocycles. The summed E-state index contributed by atoms with van der Waals surface area (Å²) in [5, 5.41) is 0.462. The molecule has 0 bridgehead atoms. The minimum atomic E-state index is -3.86. The molecule has 1 N–H and O–H groups in total. The Morgan fingerprint density at radius 2 is 1.90 bits per heavy atom. The summed E-state index contributed by atoms with van der Waals surface area (Å²) in [4.78, 5) is 26.4. The highest BCUT2D eigenvalue weighted by Crippen LogP contribution is 2.26. The maximum Gasteiger partial charge on any atom is 0.308 e. The van der Waals surface area contributed by atoms with Gasteiger partial charge in [0, 0.05) is 18.1 Å². The second-order valence-electron chi connectivity index (χ2n) is 7.24. The monoisotopic (exact) mass is 465 g/mol. The number of nitrogens with zero attached hydrogens (tertiary/aromatic N) is 2. The number of carbonyl (C=O) groups is 1. The lowest BCUT2D eigenvalue weighted by molar-refractivity contribution is -0.130. The Kier molecular flexibility index (Phi) is 5.61. The van der Waals surface area contributed by atoms with Gasteiger partial charge >= 0.3 is 4.87 Å². The number of thiazole rings is 1. The van der Waals surface area contributed by atoms with Crippen LogP contribution in [-0.4, -0.2) is 36.9 Å². The van der Waals surface area contributed by atoms with E-state index < -0.39 is 10.0 Å². The molecular formula is C20H20ClN3O4S2. The van der Waals surface area contributed by atoms with E-state index in [9.17, 15) is 18.0 Å². The minimum Gasteiger partial charge on any atom is -0.341 e. The Hall–Kier alpha value is -2.36. The number of hydrogen-bond donors (Lipinski definition) is 1. The number of amides is 1. The number of aryl methyl sites for hydroxylation is 1. The Morgan fingerprint density at radius 1 is 1.17 bits per heavy atom. The van der Waals surface area contributed by atoms with Crippen LogP contribution in [0, 0.1) is 6.92 Å². The molecule has 0 unspecified atom stereocenters. The third-order valence-electron chi connectivity index (χ3n) is 5.13. The van der Waals surface area contributed by atoms with Gasteiger partial charge in [0.15, 0.2) is 0 Å². The Balaban J connectivity index is 1.62. The average Bonchev–Trinajstić information content (AvgIpc) is 3.33. The van der Waals surface area contributed by atoms with Crippen LogP contribution >= 0.6 is 22.9 Å². The highest BCUT2D eigenvalue weighted by molar-refractivity contribution is 7.92. The molecule has 3 aromatic rings. The first kappa shape index (κ1) is 20.9. The smallest absolute Gasteiger partial charge is 0.308 e. The van der Waals surface area contributed by atoms with E-state index in [0.717, 1.165) is 29.7 Å². The highest BCUT2D eigenvalue weighted by Gasteiger charge is 2.21. The van der Waals surface area contributed by atoms with Crippen LogP contribution < -0.4 is 9.60 Å². The summed E-state index contributed by atoms with van der Waals surface area (Å²) in [5.74, 6) is -0.0936. The summed E-state index contributed by atoms with van der Waals surface area (Å²) < 4.78 is 30.0. The molecule has 30 heavy (non-hydrogen) atoms. The fraction of sp³-hybridized carbons (Fsp3) is 0.300. The second-order valence-corrected chi connectivity index (χ2v) is 10.3. The quantitative estimate of drug-likeness (QED) is 0.625. The van der Waals surface area contributed by atoms with E-state index in [1.165, 1.54) is 16.7 Å². The van der Waals surface area contributed by atoms with Gasteiger partial charge in [-0.15, -0.1) is 0 Å². The summed E-state index contributed by atoms with van der Waals surface area (Å²) in [6.07, 6.45) is 1.96. The fourth-order valence-electron chi connectivity index (χ4n) is 3.44. The van der Waals surface area contributed by atoms with Gasteiger partial charge in [-0.25, -0.2) is 8.42 Å². The highest BCUT2D eigenvalue weighted by atomic mass is 35.5. The first-order valence-electron chi connectivity index (χ1n) is 9.45. The topological polar surface area (TPSA) is 88.5 Å². The van der Waals surface area contributed by atoms with Gasteiger partial charge in [-0.05, 0) is 55.7 Å². The second kappa shape index (κ2) is 8.05. The number of anilines is 1. The Morgan fingerprint density at radius 3 is 2.60 bits per heavy atom. The van der Waals surface area contributed by atoms with E-state index in [1.807, 2.05) is 6.92 Å². The van der Waals surface area contributed by atoms with Crippen molar-refractivity contribution in [2.45, 2.75) is 31.2 Å². The molecule has 10 heteroatoms. The van der Waals surface area contributed by atoms with Crippen LogP contribution in [-0.2, 0) is 21.4 Å². The van der Waals surface area contributed by atoms with Crippen molar-refractivity contribution in [2.75, 3.05) is 17.8 Å². The van der Waals surface area contributed by atoms with Gasteiger partial charge < -0.3 is 4.90 Å². The molecule has 7 nitrogen and oxygen atoms in total. The summed E-state index contributed by atoms with van der Waals surface area (Å²) in [5.41, 5.74) is 1.75.